The highest BCUT2D eigenvalue weighted by molar-refractivity contribution is 9.10. The Morgan fingerprint density at radius 2 is 1.82 bits per heavy atom. The van der Waals surface area contributed by atoms with Gasteiger partial charge in [-0.1, -0.05) is 39.7 Å². The lowest BCUT2D eigenvalue weighted by Gasteiger charge is -2.13. The van der Waals surface area contributed by atoms with E-state index in [0.717, 1.165) is 4.47 Å². The van der Waals surface area contributed by atoms with E-state index in [1.807, 2.05) is 6.92 Å². The normalized spacial score (nSPS) is 10.2. The van der Waals surface area contributed by atoms with Gasteiger partial charge in [-0.25, -0.2) is 0 Å². The SMILES string of the molecule is CCOCCOc1ccccc1C(=O)NNC(=O)COc1ccc(Br)cc1Cl. The van der Waals surface area contributed by atoms with E-state index in [9.17, 15) is 9.59 Å². The lowest BCUT2D eigenvalue weighted by atomic mass is 10.2. The fourth-order valence-electron chi connectivity index (χ4n) is 2.10. The third-order valence-corrected chi connectivity index (χ3v) is 4.18. The van der Waals surface area contributed by atoms with Gasteiger partial charge < -0.3 is 14.2 Å². The molecule has 0 aliphatic carbocycles. The molecule has 2 aromatic carbocycles. The van der Waals surface area contributed by atoms with Crippen LogP contribution in [0.15, 0.2) is 46.9 Å². The zero-order chi connectivity index (χ0) is 20.4. The van der Waals surface area contributed by atoms with Crippen LogP contribution < -0.4 is 20.3 Å². The summed E-state index contributed by atoms with van der Waals surface area (Å²) in [6.07, 6.45) is 0. The van der Waals surface area contributed by atoms with Crippen molar-refractivity contribution in [3.8, 4) is 11.5 Å². The van der Waals surface area contributed by atoms with Gasteiger partial charge in [0.25, 0.3) is 11.8 Å². The van der Waals surface area contributed by atoms with Crippen LogP contribution in [0.3, 0.4) is 0 Å². The first-order valence-corrected chi connectivity index (χ1v) is 9.65. The molecule has 0 aliphatic heterocycles. The van der Waals surface area contributed by atoms with Gasteiger partial charge >= 0.3 is 0 Å². The number of para-hydroxylation sites is 1. The van der Waals surface area contributed by atoms with Gasteiger partial charge in [-0.3, -0.25) is 20.4 Å². The average Bonchev–Trinajstić information content (AvgIpc) is 2.69. The summed E-state index contributed by atoms with van der Waals surface area (Å²) in [7, 11) is 0. The van der Waals surface area contributed by atoms with Gasteiger partial charge in [-0.2, -0.15) is 0 Å². The van der Waals surface area contributed by atoms with Crippen molar-refractivity contribution in [3.63, 3.8) is 0 Å². The van der Waals surface area contributed by atoms with Gasteiger partial charge in [0, 0.05) is 11.1 Å². The summed E-state index contributed by atoms with van der Waals surface area (Å²) in [5.74, 6) is -0.296. The Balaban J connectivity index is 1.83. The van der Waals surface area contributed by atoms with Crippen LogP contribution in [0.4, 0.5) is 0 Å². The molecule has 9 heteroatoms. The highest BCUT2D eigenvalue weighted by Gasteiger charge is 2.13. The minimum Gasteiger partial charge on any atom is -0.490 e. The molecule has 2 amide bonds. The van der Waals surface area contributed by atoms with Crippen molar-refractivity contribution in [3.05, 3.63) is 57.5 Å². The number of hydrogen-bond donors (Lipinski definition) is 2. The third-order valence-electron chi connectivity index (χ3n) is 3.39. The molecule has 0 fully saturated rings. The monoisotopic (exact) mass is 470 g/mol. The average molecular weight is 472 g/mol. The largest absolute Gasteiger partial charge is 0.490 e. The molecule has 0 atom stereocenters. The van der Waals surface area contributed by atoms with Crippen molar-refractivity contribution in [2.75, 3.05) is 26.4 Å². The topological polar surface area (TPSA) is 85.9 Å². The third kappa shape index (κ3) is 7.03. The van der Waals surface area contributed by atoms with E-state index in [0.29, 0.717) is 36.3 Å². The second-order valence-corrected chi connectivity index (χ2v) is 6.73. The lowest BCUT2D eigenvalue weighted by Crippen LogP contribution is -2.44. The number of nitrogens with one attached hydrogen (secondary N) is 2. The minimum absolute atomic E-state index is 0.288. The van der Waals surface area contributed by atoms with Gasteiger partial charge in [0.2, 0.25) is 0 Å². The Bertz CT molecular complexity index is 819. The molecule has 0 bridgehead atoms. The van der Waals surface area contributed by atoms with Crippen LogP contribution in [0.2, 0.25) is 5.02 Å². The Morgan fingerprint density at radius 1 is 1.04 bits per heavy atom. The molecule has 2 aromatic rings. The van der Waals surface area contributed by atoms with E-state index in [-0.39, 0.29) is 12.2 Å². The second kappa shape index (κ2) is 11.5. The standard InChI is InChI=1S/C19H20BrClN2O5/c1-2-26-9-10-27-16-6-4-3-5-14(16)19(25)23-22-18(24)12-28-17-8-7-13(20)11-15(17)21/h3-8,11H,2,9-10,12H2,1H3,(H,22,24)(H,23,25). The summed E-state index contributed by atoms with van der Waals surface area (Å²) in [4.78, 5) is 24.2. The summed E-state index contributed by atoms with van der Waals surface area (Å²) >= 11 is 9.30. The number of amides is 2. The van der Waals surface area contributed by atoms with E-state index in [2.05, 4.69) is 26.8 Å². The number of halogens is 2. The highest BCUT2D eigenvalue weighted by Crippen LogP contribution is 2.27. The molecule has 0 saturated carbocycles. The highest BCUT2D eigenvalue weighted by atomic mass is 79.9. The van der Waals surface area contributed by atoms with Crippen molar-refractivity contribution in [1.29, 1.82) is 0 Å². The second-order valence-electron chi connectivity index (χ2n) is 5.41. The molecule has 0 spiro atoms. The van der Waals surface area contributed by atoms with Crippen LogP contribution in [0, 0.1) is 0 Å². The molecule has 28 heavy (non-hydrogen) atoms. The molecule has 0 heterocycles. The van der Waals surface area contributed by atoms with E-state index in [1.165, 1.54) is 0 Å². The zero-order valence-electron chi connectivity index (χ0n) is 15.2. The van der Waals surface area contributed by atoms with Crippen molar-refractivity contribution < 1.29 is 23.8 Å². The lowest BCUT2D eigenvalue weighted by molar-refractivity contribution is -0.123. The van der Waals surface area contributed by atoms with Crippen LogP contribution in [0.1, 0.15) is 17.3 Å². The van der Waals surface area contributed by atoms with E-state index in [1.54, 1.807) is 42.5 Å². The maximum absolute atomic E-state index is 12.3. The quantitative estimate of drug-likeness (QED) is 0.433. The number of benzene rings is 2. The molecule has 0 radical (unpaired) electrons. The smallest absolute Gasteiger partial charge is 0.276 e. The van der Waals surface area contributed by atoms with Gasteiger partial charge in [0.1, 0.15) is 18.1 Å². The molecule has 0 aliphatic rings. The first-order chi connectivity index (χ1) is 13.5. The number of ether oxygens (including phenoxy) is 3. The summed E-state index contributed by atoms with van der Waals surface area (Å²) in [6, 6.07) is 11.7. The predicted molar refractivity (Wildman–Crippen MR) is 109 cm³/mol. The fourth-order valence-corrected chi connectivity index (χ4v) is 2.83. The van der Waals surface area contributed by atoms with Crippen molar-refractivity contribution in [1.82, 2.24) is 10.9 Å². The number of hydrogen-bond acceptors (Lipinski definition) is 5. The Hall–Kier alpha value is -2.29. The first kappa shape index (κ1) is 22.0. The Morgan fingerprint density at radius 3 is 2.57 bits per heavy atom. The van der Waals surface area contributed by atoms with Crippen LogP contribution in [-0.2, 0) is 9.53 Å². The molecular weight excluding hydrogens is 452 g/mol. The minimum atomic E-state index is -0.540. The van der Waals surface area contributed by atoms with Crippen molar-refractivity contribution in [2.45, 2.75) is 6.92 Å². The van der Waals surface area contributed by atoms with Crippen molar-refractivity contribution >= 4 is 39.3 Å². The van der Waals surface area contributed by atoms with E-state index >= 15 is 0 Å². The fraction of sp³-hybridized carbons (Fsp3) is 0.263. The molecule has 0 aromatic heterocycles. The van der Waals surface area contributed by atoms with E-state index < -0.39 is 11.8 Å². The van der Waals surface area contributed by atoms with Gasteiger partial charge in [0.05, 0.1) is 17.2 Å². The molecule has 7 nitrogen and oxygen atoms in total. The number of carbonyl (C=O) groups is 2. The van der Waals surface area contributed by atoms with Crippen LogP contribution >= 0.6 is 27.5 Å². The van der Waals surface area contributed by atoms with Gasteiger partial charge in [-0.05, 0) is 37.3 Å². The van der Waals surface area contributed by atoms with Crippen molar-refractivity contribution in [2.24, 2.45) is 0 Å². The predicted octanol–water partition coefficient (Wildman–Crippen LogP) is 3.36. The van der Waals surface area contributed by atoms with Crippen LogP contribution in [0.25, 0.3) is 0 Å². The number of rotatable bonds is 9. The van der Waals surface area contributed by atoms with Crippen LogP contribution in [-0.4, -0.2) is 38.2 Å². The summed E-state index contributed by atoms with van der Waals surface area (Å²) < 4.78 is 16.9. The molecule has 150 valence electrons. The van der Waals surface area contributed by atoms with Crippen LogP contribution in [0.5, 0.6) is 11.5 Å². The summed E-state index contributed by atoms with van der Waals surface area (Å²) in [5, 5.41) is 0.365. The van der Waals surface area contributed by atoms with Gasteiger partial charge in [-0.15, -0.1) is 0 Å². The Labute approximate surface area is 176 Å². The molecule has 2 N–H and O–H groups in total. The maximum atomic E-state index is 12.3. The Kier molecular flexibility index (Phi) is 9.06. The number of carbonyl (C=O) groups excluding carboxylic acids is 2. The number of hydrazine groups is 1. The summed E-state index contributed by atoms with van der Waals surface area (Å²) in [5.41, 5.74) is 4.91. The summed E-state index contributed by atoms with van der Waals surface area (Å²) in [6.45, 7) is 2.89. The molecule has 0 unspecified atom stereocenters. The first-order valence-electron chi connectivity index (χ1n) is 8.48. The zero-order valence-corrected chi connectivity index (χ0v) is 17.5. The molecule has 0 saturated heterocycles. The molecular formula is C19H20BrClN2O5. The maximum Gasteiger partial charge on any atom is 0.276 e. The van der Waals surface area contributed by atoms with E-state index in [4.69, 9.17) is 25.8 Å². The van der Waals surface area contributed by atoms with Gasteiger partial charge in [0.15, 0.2) is 6.61 Å². The molecule has 2 rings (SSSR count).